The lowest BCUT2D eigenvalue weighted by atomic mass is 10.4. The second kappa shape index (κ2) is 3.14. The van der Waals surface area contributed by atoms with E-state index in [1.54, 1.807) is 0 Å². The average Bonchev–Trinajstić information content (AvgIpc) is 2.46. The van der Waals surface area contributed by atoms with Crippen LogP contribution in [0.5, 0.6) is 0 Å². The Morgan fingerprint density at radius 2 is 2.18 bits per heavy atom. The van der Waals surface area contributed by atoms with Crippen LogP contribution < -0.4 is 0 Å². The van der Waals surface area contributed by atoms with Crippen molar-refractivity contribution < 1.29 is 0 Å². The lowest BCUT2D eigenvalue weighted by Crippen LogP contribution is -1.78. The lowest BCUT2D eigenvalue weighted by molar-refractivity contribution is 1.08. The first kappa shape index (κ1) is 7.71. The van der Waals surface area contributed by atoms with Gasteiger partial charge in [0.2, 0.25) is 0 Å². The van der Waals surface area contributed by atoms with Crippen LogP contribution in [-0.4, -0.2) is 4.98 Å². The molecule has 1 aromatic heterocycles. The third-order valence-corrected chi connectivity index (χ3v) is 2.29. The summed E-state index contributed by atoms with van der Waals surface area (Å²) in [6, 6.07) is 3.81. The maximum atomic E-state index is 8.53. The summed E-state index contributed by atoms with van der Waals surface area (Å²) in [7, 11) is 0. The van der Waals surface area contributed by atoms with E-state index >= 15 is 0 Å². The van der Waals surface area contributed by atoms with Crippen LogP contribution in [0, 0.1) is 22.7 Å². The van der Waals surface area contributed by atoms with Gasteiger partial charge in [-0.25, -0.2) is 4.98 Å². The number of aromatic nitrogens is 1. The first-order valence-electron chi connectivity index (χ1n) is 3.11. The van der Waals surface area contributed by atoms with Crippen molar-refractivity contribution in [1.82, 2.24) is 4.98 Å². The summed E-state index contributed by atoms with van der Waals surface area (Å²) in [5, 5.41) is 17.9. The molecule has 0 spiro atoms. The summed E-state index contributed by atoms with van der Waals surface area (Å²) < 4.78 is 0. The zero-order valence-corrected chi connectivity index (χ0v) is 6.77. The van der Waals surface area contributed by atoms with Crippen LogP contribution in [0.25, 0.3) is 0 Å². The van der Waals surface area contributed by atoms with E-state index in [0.717, 1.165) is 11.4 Å². The van der Waals surface area contributed by atoms with Gasteiger partial charge in [-0.2, -0.15) is 10.5 Å². The minimum Gasteiger partial charge on any atom is -0.229 e. The van der Waals surface area contributed by atoms with Gasteiger partial charge in [-0.1, -0.05) is 6.92 Å². The van der Waals surface area contributed by atoms with Crippen molar-refractivity contribution in [2.45, 2.75) is 13.3 Å². The van der Waals surface area contributed by atoms with Crippen molar-refractivity contribution >= 4 is 11.3 Å². The van der Waals surface area contributed by atoms with Gasteiger partial charge >= 0.3 is 0 Å². The Labute approximate surface area is 68.5 Å². The highest BCUT2D eigenvalue weighted by Gasteiger charge is 2.07. The third kappa shape index (κ3) is 1.36. The van der Waals surface area contributed by atoms with E-state index in [1.807, 2.05) is 19.1 Å². The van der Waals surface area contributed by atoms with Crippen molar-refractivity contribution in [3.8, 4) is 12.1 Å². The van der Waals surface area contributed by atoms with Crippen LogP contribution in [-0.2, 0) is 6.42 Å². The maximum absolute atomic E-state index is 8.53. The predicted octanol–water partition coefficient (Wildman–Crippen LogP) is 1.45. The van der Waals surface area contributed by atoms with Gasteiger partial charge in [0.25, 0.3) is 0 Å². The number of nitrogens with zero attached hydrogens (tertiary/aromatic N) is 3. The summed E-state index contributed by atoms with van der Waals surface area (Å²) in [6.45, 7) is 1.95. The van der Waals surface area contributed by atoms with Gasteiger partial charge in [-0.15, -0.1) is 11.3 Å². The summed E-state index contributed by atoms with van der Waals surface area (Å²) in [5.74, 6) is 0. The summed E-state index contributed by atoms with van der Waals surface area (Å²) in [5.41, 5.74) is 0.259. The number of nitriles is 2. The molecule has 0 bridgehead atoms. The highest BCUT2D eigenvalue weighted by atomic mass is 32.1. The summed E-state index contributed by atoms with van der Waals surface area (Å²) in [6.07, 6.45) is 0.779. The molecular formula is C7H5N3S. The van der Waals surface area contributed by atoms with Gasteiger partial charge in [0.15, 0.2) is 5.69 Å². The topological polar surface area (TPSA) is 60.5 Å². The van der Waals surface area contributed by atoms with Gasteiger partial charge in [0.05, 0.1) is 5.01 Å². The molecule has 0 saturated carbocycles. The van der Waals surface area contributed by atoms with E-state index in [-0.39, 0.29) is 5.69 Å². The number of aryl methyl sites for hydroxylation is 1. The van der Waals surface area contributed by atoms with Gasteiger partial charge in [0.1, 0.15) is 17.0 Å². The fourth-order valence-electron chi connectivity index (χ4n) is 0.667. The molecule has 0 amide bonds. The Bertz CT molecular complexity index is 308. The van der Waals surface area contributed by atoms with Crippen LogP contribution >= 0.6 is 11.3 Å². The van der Waals surface area contributed by atoms with Crippen molar-refractivity contribution in [2.24, 2.45) is 0 Å². The SMILES string of the molecule is CCc1nc(C#N)c(C#N)s1. The van der Waals surface area contributed by atoms with Gasteiger partial charge in [0, 0.05) is 0 Å². The monoisotopic (exact) mass is 163 g/mol. The van der Waals surface area contributed by atoms with E-state index < -0.39 is 0 Å². The van der Waals surface area contributed by atoms with Crippen molar-refractivity contribution in [2.75, 3.05) is 0 Å². The first-order chi connectivity index (χ1) is 5.31. The molecular weight excluding hydrogens is 158 g/mol. The number of rotatable bonds is 1. The number of hydrogen-bond donors (Lipinski definition) is 0. The first-order valence-corrected chi connectivity index (χ1v) is 3.93. The van der Waals surface area contributed by atoms with Crippen LogP contribution in [0.3, 0.4) is 0 Å². The Morgan fingerprint density at radius 1 is 1.45 bits per heavy atom. The average molecular weight is 163 g/mol. The lowest BCUT2D eigenvalue weighted by Gasteiger charge is -1.78. The fraction of sp³-hybridized carbons (Fsp3) is 0.286. The van der Waals surface area contributed by atoms with Gasteiger partial charge in [-0.3, -0.25) is 0 Å². The van der Waals surface area contributed by atoms with Crippen LogP contribution in [0.2, 0.25) is 0 Å². The molecule has 11 heavy (non-hydrogen) atoms. The minimum absolute atomic E-state index is 0.259. The zero-order chi connectivity index (χ0) is 8.27. The zero-order valence-electron chi connectivity index (χ0n) is 5.96. The van der Waals surface area contributed by atoms with Crippen LogP contribution in [0.1, 0.15) is 22.5 Å². The molecule has 0 N–H and O–H groups in total. The van der Waals surface area contributed by atoms with E-state index in [9.17, 15) is 0 Å². The quantitative estimate of drug-likeness (QED) is 0.629. The molecule has 0 aliphatic rings. The molecule has 0 saturated heterocycles. The molecule has 0 fully saturated rings. The molecule has 0 aliphatic heterocycles. The highest BCUT2D eigenvalue weighted by Crippen LogP contribution is 2.16. The van der Waals surface area contributed by atoms with Crippen molar-refractivity contribution in [3.05, 3.63) is 15.6 Å². The third-order valence-electron chi connectivity index (χ3n) is 1.18. The highest BCUT2D eigenvalue weighted by molar-refractivity contribution is 7.12. The maximum Gasteiger partial charge on any atom is 0.169 e. The molecule has 4 heteroatoms. The van der Waals surface area contributed by atoms with E-state index in [2.05, 4.69) is 4.98 Å². The fourth-order valence-corrected chi connectivity index (χ4v) is 1.42. The van der Waals surface area contributed by atoms with Gasteiger partial charge < -0.3 is 0 Å². The Balaban J connectivity index is 3.18. The Kier molecular flexibility index (Phi) is 2.20. The largest absolute Gasteiger partial charge is 0.229 e. The molecule has 0 radical (unpaired) electrons. The minimum atomic E-state index is 0.259. The van der Waals surface area contributed by atoms with Crippen molar-refractivity contribution in [3.63, 3.8) is 0 Å². The van der Waals surface area contributed by atoms with E-state index in [4.69, 9.17) is 10.5 Å². The second-order valence-corrected chi connectivity index (χ2v) is 2.95. The Hall–Kier alpha value is -1.39. The summed E-state index contributed by atoms with van der Waals surface area (Å²) in [4.78, 5) is 4.37. The molecule has 0 atom stereocenters. The molecule has 0 aromatic carbocycles. The standard InChI is InChI=1S/C7H5N3S/c1-2-7-10-5(3-8)6(4-9)11-7/h2H2,1H3. The van der Waals surface area contributed by atoms with E-state index in [0.29, 0.717) is 4.88 Å². The second-order valence-electron chi connectivity index (χ2n) is 1.86. The summed E-state index contributed by atoms with van der Waals surface area (Å²) >= 11 is 1.29. The molecule has 0 aliphatic carbocycles. The molecule has 1 rings (SSSR count). The molecule has 1 aromatic rings. The smallest absolute Gasteiger partial charge is 0.169 e. The molecule has 0 unspecified atom stereocenters. The number of thiazole rings is 1. The molecule has 3 nitrogen and oxygen atoms in total. The number of hydrogen-bond acceptors (Lipinski definition) is 4. The van der Waals surface area contributed by atoms with Crippen molar-refractivity contribution in [1.29, 1.82) is 10.5 Å². The molecule has 1 heterocycles. The predicted molar refractivity (Wildman–Crippen MR) is 40.9 cm³/mol. The van der Waals surface area contributed by atoms with Crippen LogP contribution in [0.15, 0.2) is 0 Å². The van der Waals surface area contributed by atoms with Gasteiger partial charge in [-0.05, 0) is 6.42 Å². The Morgan fingerprint density at radius 3 is 2.55 bits per heavy atom. The van der Waals surface area contributed by atoms with Crippen LogP contribution in [0.4, 0.5) is 0 Å². The normalized spacial score (nSPS) is 8.64. The van der Waals surface area contributed by atoms with E-state index in [1.165, 1.54) is 11.3 Å². The molecule has 54 valence electrons.